The molecular weight excluding hydrogens is 330 g/mol. The Bertz CT molecular complexity index is 825. The molecule has 134 valence electrons. The van der Waals surface area contributed by atoms with E-state index in [4.69, 9.17) is 10.8 Å². The molecule has 0 aliphatic carbocycles. The summed E-state index contributed by atoms with van der Waals surface area (Å²) in [5.74, 6) is 0.491. The predicted octanol–water partition coefficient (Wildman–Crippen LogP) is 0.299. The van der Waals surface area contributed by atoms with Crippen LogP contribution in [0.25, 0.3) is 0 Å². The van der Waals surface area contributed by atoms with Crippen LogP contribution in [-0.4, -0.2) is 52.5 Å². The Morgan fingerprint density at radius 3 is 3.04 bits per heavy atom. The molecule has 0 radical (unpaired) electrons. The van der Waals surface area contributed by atoms with Crippen LogP contribution < -0.4 is 11.1 Å². The highest BCUT2D eigenvalue weighted by Crippen LogP contribution is 2.24. The number of rotatable bonds is 2. The number of nitrogens with zero attached hydrogens (tertiary/aromatic N) is 5. The smallest absolute Gasteiger partial charge is 0.280 e. The first kappa shape index (κ1) is 16.4. The lowest BCUT2D eigenvalue weighted by Gasteiger charge is -2.40. The number of nitrogens with one attached hydrogen (secondary N) is 1. The standard InChI is InChI=1S/C18H21N7O/c19-8-13-4-1-2-5-14(13)10-24-17(26)16-9-21-12-25(16)22-18(24)23-7-3-6-15(20)11-23/h1-2,4-5,9,15,21H,3,6-7,10-12,20H2/t15-/m1/s1. The Balaban J connectivity index is 1.70. The Hall–Kier alpha value is -3.05. The molecular formula is C18H21N7O. The molecule has 0 saturated carbocycles. The minimum absolute atomic E-state index is 0.0726. The molecule has 1 saturated heterocycles. The Morgan fingerprint density at radius 2 is 2.23 bits per heavy atom. The van der Waals surface area contributed by atoms with Crippen molar-refractivity contribution in [3.63, 3.8) is 0 Å². The molecule has 4 rings (SSSR count). The fourth-order valence-electron chi connectivity index (χ4n) is 3.55. The van der Waals surface area contributed by atoms with Gasteiger partial charge in [-0.2, -0.15) is 5.26 Å². The van der Waals surface area contributed by atoms with Crippen molar-refractivity contribution in [1.29, 1.82) is 5.26 Å². The zero-order chi connectivity index (χ0) is 18.1. The van der Waals surface area contributed by atoms with Crippen LogP contribution in [0.15, 0.2) is 41.3 Å². The fourth-order valence-corrected chi connectivity index (χ4v) is 3.55. The highest BCUT2D eigenvalue weighted by atomic mass is 16.2. The van der Waals surface area contributed by atoms with Crippen molar-refractivity contribution in [2.75, 3.05) is 19.8 Å². The lowest BCUT2D eigenvalue weighted by Crippen LogP contribution is -2.56. The van der Waals surface area contributed by atoms with Crippen LogP contribution >= 0.6 is 0 Å². The summed E-state index contributed by atoms with van der Waals surface area (Å²) >= 11 is 0. The second-order valence-corrected chi connectivity index (χ2v) is 6.70. The lowest BCUT2D eigenvalue weighted by molar-refractivity contribution is -0.127. The Labute approximate surface area is 152 Å². The van der Waals surface area contributed by atoms with Gasteiger partial charge in [-0.05, 0) is 24.5 Å². The van der Waals surface area contributed by atoms with Gasteiger partial charge in [0, 0.05) is 25.3 Å². The van der Waals surface area contributed by atoms with E-state index in [-0.39, 0.29) is 11.9 Å². The number of guanidine groups is 1. The van der Waals surface area contributed by atoms with E-state index < -0.39 is 0 Å². The molecule has 3 N–H and O–H groups in total. The average molecular weight is 351 g/mol. The Kier molecular flexibility index (Phi) is 4.22. The largest absolute Gasteiger partial charge is 0.370 e. The first-order valence-corrected chi connectivity index (χ1v) is 8.77. The zero-order valence-electron chi connectivity index (χ0n) is 14.4. The molecule has 8 heteroatoms. The molecule has 1 atom stereocenters. The summed E-state index contributed by atoms with van der Waals surface area (Å²) in [6.45, 7) is 2.27. The summed E-state index contributed by atoms with van der Waals surface area (Å²) in [4.78, 5) is 16.8. The number of nitriles is 1. The summed E-state index contributed by atoms with van der Waals surface area (Å²) < 4.78 is 0. The first-order valence-electron chi connectivity index (χ1n) is 8.77. The summed E-state index contributed by atoms with van der Waals surface area (Å²) in [5, 5.41) is 18.8. The number of hydrogen-bond donors (Lipinski definition) is 2. The summed E-state index contributed by atoms with van der Waals surface area (Å²) in [6.07, 6.45) is 3.64. The van der Waals surface area contributed by atoms with Crippen LogP contribution in [0.5, 0.6) is 0 Å². The maximum atomic E-state index is 13.1. The van der Waals surface area contributed by atoms with Gasteiger partial charge in [-0.3, -0.25) is 9.69 Å². The van der Waals surface area contributed by atoms with Crippen molar-refractivity contribution in [2.45, 2.75) is 25.4 Å². The van der Waals surface area contributed by atoms with Gasteiger partial charge in [0.1, 0.15) is 12.4 Å². The van der Waals surface area contributed by atoms with Gasteiger partial charge in [0.05, 0.1) is 18.2 Å². The fraction of sp³-hybridized carbons (Fsp3) is 0.389. The van der Waals surface area contributed by atoms with Gasteiger partial charge in [-0.25, -0.2) is 5.01 Å². The van der Waals surface area contributed by atoms with Crippen LogP contribution in [0.4, 0.5) is 0 Å². The van der Waals surface area contributed by atoms with Crippen molar-refractivity contribution >= 4 is 11.9 Å². The van der Waals surface area contributed by atoms with Crippen LogP contribution in [0.3, 0.4) is 0 Å². The molecule has 3 heterocycles. The number of fused-ring (bicyclic) bond motifs is 1. The normalized spacial score (nSPS) is 22.4. The molecule has 3 aliphatic heterocycles. The SMILES string of the molecule is N#Cc1ccccc1CN1C(=O)C2=CNCN2N=C1N1CCC[C@@H](N)C1. The van der Waals surface area contributed by atoms with E-state index in [1.807, 2.05) is 18.2 Å². The van der Waals surface area contributed by atoms with Gasteiger partial charge < -0.3 is 16.0 Å². The molecule has 1 aromatic rings. The first-order chi connectivity index (χ1) is 12.7. The van der Waals surface area contributed by atoms with E-state index in [1.54, 1.807) is 22.2 Å². The van der Waals surface area contributed by atoms with Crippen LogP contribution in [0, 0.1) is 11.3 Å². The van der Waals surface area contributed by atoms with Crippen molar-refractivity contribution in [1.82, 2.24) is 20.1 Å². The maximum absolute atomic E-state index is 13.1. The van der Waals surface area contributed by atoms with E-state index in [9.17, 15) is 10.1 Å². The molecule has 0 bridgehead atoms. The van der Waals surface area contributed by atoms with Crippen LogP contribution in [0.2, 0.25) is 0 Å². The summed E-state index contributed by atoms with van der Waals surface area (Å²) in [7, 11) is 0. The number of carbonyl (C=O) groups excluding carboxylic acids is 1. The van der Waals surface area contributed by atoms with Crippen LogP contribution in [-0.2, 0) is 11.3 Å². The number of hydrogen-bond acceptors (Lipinski definition) is 7. The number of piperidine rings is 1. The van der Waals surface area contributed by atoms with Gasteiger partial charge in [-0.15, -0.1) is 5.10 Å². The van der Waals surface area contributed by atoms with Gasteiger partial charge in [0.25, 0.3) is 5.91 Å². The molecule has 1 amide bonds. The molecule has 0 spiro atoms. The molecule has 1 fully saturated rings. The minimum atomic E-state index is -0.119. The number of nitrogens with two attached hydrogens (primary N) is 1. The number of benzene rings is 1. The van der Waals surface area contributed by atoms with Gasteiger partial charge in [0.15, 0.2) is 0 Å². The average Bonchev–Trinajstić information content (AvgIpc) is 3.13. The lowest BCUT2D eigenvalue weighted by atomic mass is 10.1. The molecule has 8 nitrogen and oxygen atoms in total. The molecule has 0 unspecified atom stereocenters. The van der Waals surface area contributed by atoms with Crippen molar-refractivity contribution < 1.29 is 4.79 Å². The third kappa shape index (κ3) is 2.86. The van der Waals surface area contributed by atoms with Crippen molar-refractivity contribution in [2.24, 2.45) is 10.8 Å². The van der Waals surface area contributed by atoms with E-state index >= 15 is 0 Å². The monoisotopic (exact) mass is 351 g/mol. The molecule has 1 aromatic carbocycles. The maximum Gasteiger partial charge on any atom is 0.280 e. The molecule has 26 heavy (non-hydrogen) atoms. The molecule has 3 aliphatic rings. The zero-order valence-corrected chi connectivity index (χ0v) is 14.4. The second-order valence-electron chi connectivity index (χ2n) is 6.70. The minimum Gasteiger partial charge on any atom is -0.370 e. The van der Waals surface area contributed by atoms with Gasteiger partial charge >= 0.3 is 0 Å². The highest BCUT2D eigenvalue weighted by molar-refractivity contribution is 6.07. The third-order valence-electron chi connectivity index (χ3n) is 4.88. The van der Waals surface area contributed by atoms with Crippen molar-refractivity contribution in [3.05, 3.63) is 47.3 Å². The topological polar surface area (TPSA) is 101 Å². The number of amides is 1. The number of carbonyl (C=O) groups is 1. The van der Waals surface area contributed by atoms with E-state index in [0.717, 1.165) is 24.9 Å². The van der Waals surface area contributed by atoms with Crippen molar-refractivity contribution in [3.8, 4) is 6.07 Å². The predicted molar refractivity (Wildman–Crippen MR) is 95.8 cm³/mol. The highest BCUT2D eigenvalue weighted by Gasteiger charge is 2.38. The van der Waals surface area contributed by atoms with Crippen LogP contribution in [0.1, 0.15) is 24.0 Å². The number of hydrazone groups is 1. The molecule has 0 aromatic heterocycles. The van der Waals surface area contributed by atoms with E-state index in [0.29, 0.717) is 37.0 Å². The summed E-state index contributed by atoms with van der Waals surface area (Å²) in [6, 6.07) is 9.61. The van der Waals surface area contributed by atoms with Gasteiger partial charge in [0.2, 0.25) is 5.96 Å². The number of likely N-dealkylation sites (tertiary alicyclic amines) is 1. The quantitative estimate of drug-likeness (QED) is 0.795. The van der Waals surface area contributed by atoms with Gasteiger partial charge in [-0.1, -0.05) is 18.2 Å². The second kappa shape index (κ2) is 6.69. The summed E-state index contributed by atoms with van der Waals surface area (Å²) in [5.41, 5.74) is 8.02. The Morgan fingerprint density at radius 1 is 1.38 bits per heavy atom. The third-order valence-corrected chi connectivity index (χ3v) is 4.88. The van der Waals surface area contributed by atoms with E-state index in [2.05, 4.69) is 16.3 Å². The van der Waals surface area contributed by atoms with E-state index in [1.165, 1.54) is 0 Å².